The minimum atomic E-state index is -1.09. The maximum Gasteiger partial charge on any atom is 0.337 e. The molecule has 1 amide bonds. The highest BCUT2D eigenvalue weighted by Gasteiger charge is 2.19. The van der Waals surface area contributed by atoms with E-state index < -0.39 is 11.9 Å². The zero-order chi connectivity index (χ0) is 17.7. The molecule has 0 atom stereocenters. The highest BCUT2D eigenvalue weighted by atomic mass is 16.5. The number of anilines is 1. The van der Waals surface area contributed by atoms with Crippen molar-refractivity contribution in [2.75, 3.05) is 11.9 Å². The van der Waals surface area contributed by atoms with Crippen LogP contribution in [0.4, 0.5) is 5.69 Å². The van der Waals surface area contributed by atoms with E-state index >= 15 is 0 Å². The molecule has 2 rings (SSSR count). The molecule has 0 saturated carbocycles. The number of carboxylic acid groups (broad SMARTS) is 1. The fourth-order valence-electron chi connectivity index (χ4n) is 2.32. The fourth-order valence-corrected chi connectivity index (χ4v) is 2.32. The molecule has 24 heavy (non-hydrogen) atoms. The number of aromatic carboxylic acids is 1. The van der Waals surface area contributed by atoms with Crippen molar-refractivity contribution >= 4 is 17.6 Å². The van der Waals surface area contributed by atoms with Gasteiger partial charge in [0.25, 0.3) is 5.91 Å². The van der Waals surface area contributed by atoms with Crippen LogP contribution < -0.4 is 10.1 Å². The number of hydrogen-bond donors (Lipinski definition) is 2. The molecule has 0 saturated heterocycles. The molecule has 0 heterocycles. The van der Waals surface area contributed by atoms with Gasteiger partial charge >= 0.3 is 5.97 Å². The van der Waals surface area contributed by atoms with E-state index in [2.05, 4.69) is 26.1 Å². The van der Waals surface area contributed by atoms with Gasteiger partial charge in [0.2, 0.25) is 0 Å². The van der Waals surface area contributed by atoms with Crippen LogP contribution in [0.3, 0.4) is 0 Å². The minimum Gasteiger partial charge on any atom is -0.483 e. The third kappa shape index (κ3) is 4.35. The van der Waals surface area contributed by atoms with Crippen LogP contribution in [0.15, 0.2) is 48.5 Å². The van der Waals surface area contributed by atoms with Crippen LogP contribution >= 0.6 is 0 Å². The van der Waals surface area contributed by atoms with Crippen molar-refractivity contribution in [1.29, 1.82) is 0 Å². The van der Waals surface area contributed by atoms with Gasteiger partial charge < -0.3 is 15.2 Å². The lowest BCUT2D eigenvalue weighted by molar-refractivity contribution is -0.118. The van der Waals surface area contributed by atoms with Gasteiger partial charge in [-0.25, -0.2) is 4.79 Å². The van der Waals surface area contributed by atoms with Crippen LogP contribution in [0, 0.1) is 0 Å². The number of para-hydroxylation sites is 2. The first-order chi connectivity index (χ1) is 11.3. The number of benzene rings is 2. The molecule has 0 unspecified atom stereocenters. The van der Waals surface area contributed by atoms with Gasteiger partial charge in [0.05, 0.1) is 11.3 Å². The summed E-state index contributed by atoms with van der Waals surface area (Å²) in [5, 5.41) is 11.7. The molecule has 0 fully saturated rings. The summed E-state index contributed by atoms with van der Waals surface area (Å²) in [6.45, 7) is 6.01. The molecule has 0 aromatic heterocycles. The van der Waals surface area contributed by atoms with E-state index in [0.717, 1.165) is 5.56 Å². The van der Waals surface area contributed by atoms with Crippen molar-refractivity contribution in [2.45, 2.75) is 26.2 Å². The Bertz CT molecular complexity index is 747. The second-order valence-electron chi connectivity index (χ2n) is 6.43. The van der Waals surface area contributed by atoms with Crippen molar-refractivity contribution in [3.8, 4) is 5.75 Å². The lowest BCUT2D eigenvalue weighted by Gasteiger charge is -2.22. The van der Waals surface area contributed by atoms with Crippen molar-refractivity contribution in [1.82, 2.24) is 0 Å². The summed E-state index contributed by atoms with van der Waals surface area (Å²) in [5.74, 6) is -0.857. The summed E-state index contributed by atoms with van der Waals surface area (Å²) >= 11 is 0. The van der Waals surface area contributed by atoms with Crippen molar-refractivity contribution in [3.05, 3.63) is 59.7 Å². The molecule has 2 N–H and O–H groups in total. The van der Waals surface area contributed by atoms with E-state index in [4.69, 9.17) is 9.84 Å². The maximum atomic E-state index is 12.1. The second kappa shape index (κ2) is 7.17. The number of nitrogens with one attached hydrogen (secondary N) is 1. The summed E-state index contributed by atoms with van der Waals surface area (Å²) in [4.78, 5) is 23.2. The predicted molar refractivity (Wildman–Crippen MR) is 92.7 cm³/mol. The number of ether oxygens (including phenoxy) is 1. The third-order valence-corrected chi connectivity index (χ3v) is 3.49. The average molecular weight is 327 g/mol. The molecular weight excluding hydrogens is 306 g/mol. The number of hydrogen-bond acceptors (Lipinski definition) is 3. The number of carboxylic acids is 1. The van der Waals surface area contributed by atoms with Gasteiger partial charge in [-0.2, -0.15) is 0 Å². The van der Waals surface area contributed by atoms with Gasteiger partial charge in [-0.3, -0.25) is 4.79 Å². The summed E-state index contributed by atoms with van der Waals surface area (Å²) in [6.07, 6.45) is 0. The molecule has 2 aromatic rings. The number of amides is 1. The predicted octanol–water partition coefficient (Wildman–Crippen LogP) is 3.70. The second-order valence-corrected chi connectivity index (χ2v) is 6.43. The zero-order valence-electron chi connectivity index (χ0n) is 14.0. The van der Waals surface area contributed by atoms with Crippen LogP contribution in [0.5, 0.6) is 5.75 Å². The Hall–Kier alpha value is -2.82. The Kier molecular flexibility index (Phi) is 5.24. The van der Waals surface area contributed by atoms with E-state index in [1.54, 1.807) is 18.2 Å². The molecule has 2 aromatic carbocycles. The zero-order valence-corrected chi connectivity index (χ0v) is 14.0. The van der Waals surface area contributed by atoms with Crippen LogP contribution in [0.1, 0.15) is 36.7 Å². The van der Waals surface area contributed by atoms with Gasteiger partial charge in [-0.15, -0.1) is 0 Å². The largest absolute Gasteiger partial charge is 0.483 e. The first-order valence-corrected chi connectivity index (χ1v) is 7.63. The molecule has 0 bridgehead atoms. The number of carbonyl (C=O) groups excluding carboxylic acids is 1. The molecule has 5 heteroatoms. The molecule has 0 aliphatic rings. The number of rotatable bonds is 5. The first-order valence-electron chi connectivity index (χ1n) is 7.63. The normalized spacial score (nSPS) is 11.0. The number of carbonyl (C=O) groups is 2. The van der Waals surface area contributed by atoms with E-state index in [1.807, 2.05) is 24.3 Å². The molecule has 0 aliphatic carbocycles. The Balaban J connectivity index is 2.07. The molecule has 0 aliphatic heterocycles. The first kappa shape index (κ1) is 17.5. The Morgan fingerprint density at radius 1 is 1.04 bits per heavy atom. The van der Waals surface area contributed by atoms with E-state index in [1.165, 1.54) is 6.07 Å². The Labute approximate surface area is 141 Å². The average Bonchev–Trinajstić information content (AvgIpc) is 2.52. The SMILES string of the molecule is CC(C)(C)c1ccccc1OCC(=O)Nc1ccccc1C(=O)O. The Morgan fingerprint density at radius 2 is 1.67 bits per heavy atom. The van der Waals surface area contributed by atoms with Crippen molar-refractivity contribution < 1.29 is 19.4 Å². The standard InChI is InChI=1S/C19H21NO4/c1-19(2,3)14-9-5-7-11-16(14)24-12-17(21)20-15-10-6-4-8-13(15)18(22)23/h4-11H,12H2,1-3H3,(H,20,21)(H,22,23). The van der Waals surface area contributed by atoms with Crippen molar-refractivity contribution in [3.63, 3.8) is 0 Å². The third-order valence-electron chi connectivity index (χ3n) is 3.49. The highest BCUT2D eigenvalue weighted by molar-refractivity contribution is 6.00. The van der Waals surface area contributed by atoms with E-state index in [-0.39, 0.29) is 23.3 Å². The van der Waals surface area contributed by atoms with Crippen LogP contribution in [-0.4, -0.2) is 23.6 Å². The summed E-state index contributed by atoms with van der Waals surface area (Å²) in [7, 11) is 0. The lowest BCUT2D eigenvalue weighted by Crippen LogP contribution is -2.23. The molecular formula is C19H21NO4. The highest BCUT2D eigenvalue weighted by Crippen LogP contribution is 2.30. The van der Waals surface area contributed by atoms with Gasteiger partial charge in [0, 0.05) is 0 Å². The molecule has 0 spiro atoms. The van der Waals surface area contributed by atoms with Crippen LogP contribution in [-0.2, 0) is 10.2 Å². The fraction of sp³-hybridized carbons (Fsp3) is 0.263. The lowest BCUT2D eigenvalue weighted by atomic mass is 9.86. The Morgan fingerprint density at radius 3 is 2.33 bits per heavy atom. The molecule has 0 radical (unpaired) electrons. The van der Waals surface area contributed by atoms with Gasteiger partial charge in [0.1, 0.15) is 5.75 Å². The summed E-state index contributed by atoms with van der Waals surface area (Å²) in [6, 6.07) is 13.8. The minimum absolute atomic E-state index is 0.0425. The van der Waals surface area contributed by atoms with Crippen molar-refractivity contribution in [2.24, 2.45) is 0 Å². The molecule has 5 nitrogen and oxygen atoms in total. The monoisotopic (exact) mass is 327 g/mol. The van der Waals surface area contributed by atoms with Crippen LogP contribution in [0.2, 0.25) is 0 Å². The van der Waals surface area contributed by atoms with E-state index in [9.17, 15) is 9.59 Å². The smallest absolute Gasteiger partial charge is 0.337 e. The van der Waals surface area contributed by atoms with Gasteiger partial charge in [-0.1, -0.05) is 51.1 Å². The van der Waals surface area contributed by atoms with Gasteiger partial charge in [0.15, 0.2) is 6.61 Å². The quantitative estimate of drug-likeness (QED) is 0.878. The maximum absolute atomic E-state index is 12.1. The molecule has 126 valence electrons. The van der Waals surface area contributed by atoms with E-state index in [0.29, 0.717) is 5.75 Å². The topological polar surface area (TPSA) is 75.6 Å². The van der Waals surface area contributed by atoms with Gasteiger partial charge in [-0.05, 0) is 29.2 Å². The van der Waals surface area contributed by atoms with Crippen LogP contribution in [0.25, 0.3) is 0 Å². The summed E-state index contributed by atoms with van der Waals surface area (Å²) < 4.78 is 5.64. The summed E-state index contributed by atoms with van der Waals surface area (Å²) in [5.41, 5.74) is 1.19.